The highest BCUT2D eigenvalue weighted by molar-refractivity contribution is 6.00. The Balaban J connectivity index is 1.50. The van der Waals surface area contributed by atoms with E-state index >= 15 is 0 Å². The highest BCUT2D eigenvalue weighted by Gasteiger charge is 2.37. The molecule has 8 nitrogen and oxygen atoms in total. The number of nitrogens with zero attached hydrogens (tertiary/aromatic N) is 3. The SMILES string of the molecule is Cn1c(=O)n(C2CCC(=O)NC2=O)c2cccc(N3CCC4(CCCNC4)CC3)c21. The second kappa shape index (κ2) is 7.27. The summed E-state index contributed by atoms with van der Waals surface area (Å²) in [6.45, 7) is 4.17. The van der Waals surface area contributed by atoms with E-state index in [0.717, 1.165) is 55.7 Å². The van der Waals surface area contributed by atoms with Crippen molar-refractivity contribution in [2.45, 2.75) is 44.6 Å². The summed E-state index contributed by atoms with van der Waals surface area (Å²) in [4.78, 5) is 39.5. The lowest BCUT2D eigenvalue weighted by atomic mass is 9.73. The van der Waals surface area contributed by atoms with E-state index in [2.05, 4.69) is 21.6 Å². The van der Waals surface area contributed by atoms with Crippen molar-refractivity contribution in [3.8, 4) is 0 Å². The van der Waals surface area contributed by atoms with Crippen molar-refractivity contribution in [3.05, 3.63) is 28.7 Å². The molecule has 5 rings (SSSR count). The van der Waals surface area contributed by atoms with Crippen LogP contribution in [0.1, 0.15) is 44.6 Å². The van der Waals surface area contributed by atoms with Crippen LogP contribution in [0.2, 0.25) is 0 Å². The number of fused-ring (bicyclic) bond motifs is 1. The summed E-state index contributed by atoms with van der Waals surface area (Å²) in [6.07, 6.45) is 5.45. The number of benzene rings is 1. The predicted molar refractivity (Wildman–Crippen MR) is 115 cm³/mol. The molecule has 30 heavy (non-hydrogen) atoms. The standard InChI is InChI=1S/C22H29N5O3/c1-25-19-15(26-12-9-22(10-13-26)8-3-11-23-14-22)4-2-5-16(19)27(21(25)30)17-6-7-18(28)24-20(17)29/h2,4-5,17,23H,3,6-14H2,1H3,(H,24,28,29). The Kier molecular flexibility index (Phi) is 4.69. The molecule has 0 aliphatic carbocycles. The van der Waals surface area contributed by atoms with Gasteiger partial charge in [-0.1, -0.05) is 6.07 Å². The number of anilines is 1. The molecule has 1 aromatic heterocycles. The number of aryl methyl sites for hydroxylation is 1. The normalized spacial score (nSPS) is 24.4. The minimum absolute atomic E-state index is 0.211. The number of piperidine rings is 3. The third kappa shape index (κ3) is 3.05. The van der Waals surface area contributed by atoms with Crippen molar-refractivity contribution < 1.29 is 9.59 Å². The van der Waals surface area contributed by atoms with Crippen molar-refractivity contribution in [1.82, 2.24) is 19.8 Å². The number of carbonyl (C=O) groups excluding carboxylic acids is 2. The Bertz CT molecular complexity index is 1050. The van der Waals surface area contributed by atoms with E-state index in [1.54, 1.807) is 16.2 Å². The predicted octanol–water partition coefficient (Wildman–Crippen LogP) is 1.29. The molecule has 160 valence electrons. The van der Waals surface area contributed by atoms with Gasteiger partial charge in [-0.25, -0.2) is 4.79 Å². The first-order valence-corrected chi connectivity index (χ1v) is 11.0. The van der Waals surface area contributed by atoms with Crippen LogP contribution < -0.4 is 21.2 Å². The van der Waals surface area contributed by atoms with Crippen LogP contribution in [-0.2, 0) is 16.6 Å². The van der Waals surface area contributed by atoms with Crippen LogP contribution in [0.4, 0.5) is 5.69 Å². The number of hydrogen-bond donors (Lipinski definition) is 2. The first-order chi connectivity index (χ1) is 14.5. The number of imidazole rings is 1. The van der Waals surface area contributed by atoms with Gasteiger partial charge in [-0.05, 0) is 56.2 Å². The van der Waals surface area contributed by atoms with Gasteiger partial charge < -0.3 is 10.2 Å². The van der Waals surface area contributed by atoms with Crippen LogP contribution in [0.15, 0.2) is 23.0 Å². The summed E-state index contributed by atoms with van der Waals surface area (Å²) in [5.74, 6) is -0.666. The topological polar surface area (TPSA) is 88.4 Å². The molecule has 2 N–H and O–H groups in total. The summed E-state index contributed by atoms with van der Waals surface area (Å²) in [5, 5.41) is 5.94. The lowest BCUT2D eigenvalue weighted by Gasteiger charge is -2.45. The molecule has 8 heteroatoms. The minimum Gasteiger partial charge on any atom is -0.370 e. The average Bonchev–Trinajstić information content (AvgIpc) is 3.00. The van der Waals surface area contributed by atoms with Gasteiger partial charge in [0.1, 0.15) is 6.04 Å². The lowest BCUT2D eigenvalue weighted by Crippen LogP contribution is -2.48. The van der Waals surface area contributed by atoms with E-state index in [1.165, 1.54) is 12.8 Å². The van der Waals surface area contributed by atoms with Crippen LogP contribution >= 0.6 is 0 Å². The summed E-state index contributed by atoms with van der Waals surface area (Å²) >= 11 is 0. The molecular weight excluding hydrogens is 382 g/mol. The largest absolute Gasteiger partial charge is 0.370 e. The molecule has 3 saturated heterocycles. The number of hydrogen-bond acceptors (Lipinski definition) is 5. The first kappa shape index (κ1) is 19.4. The fourth-order valence-electron chi connectivity index (χ4n) is 5.58. The van der Waals surface area contributed by atoms with Gasteiger partial charge >= 0.3 is 5.69 Å². The summed E-state index contributed by atoms with van der Waals surface area (Å²) in [7, 11) is 1.77. The zero-order valence-corrected chi connectivity index (χ0v) is 17.4. The fourth-order valence-corrected chi connectivity index (χ4v) is 5.58. The molecule has 4 heterocycles. The maximum absolute atomic E-state index is 13.1. The maximum atomic E-state index is 13.1. The molecular formula is C22H29N5O3. The summed E-state index contributed by atoms with van der Waals surface area (Å²) < 4.78 is 3.22. The quantitative estimate of drug-likeness (QED) is 0.727. The number of nitrogens with one attached hydrogen (secondary N) is 2. The Morgan fingerprint density at radius 1 is 1.10 bits per heavy atom. The van der Waals surface area contributed by atoms with Crippen molar-refractivity contribution >= 4 is 28.5 Å². The molecule has 1 unspecified atom stereocenters. The van der Waals surface area contributed by atoms with E-state index in [4.69, 9.17) is 0 Å². The number of amides is 2. The van der Waals surface area contributed by atoms with Crippen molar-refractivity contribution in [2.24, 2.45) is 12.5 Å². The van der Waals surface area contributed by atoms with E-state index in [9.17, 15) is 14.4 Å². The molecule has 3 aliphatic heterocycles. The monoisotopic (exact) mass is 411 g/mol. The van der Waals surface area contributed by atoms with Crippen molar-refractivity contribution in [2.75, 3.05) is 31.1 Å². The average molecular weight is 412 g/mol. The fraction of sp³-hybridized carbons (Fsp3) is 0.591. The highest BCUT2D eigenvalue weighted by Crippen LogP contribution is 2.40. The van der Waals surface area contributed by atoms with E-state index in [-0.39, 0.29) is 18.0 Å². The molecule has 0 bridgehead atoms. The third-order valence-corrected chi connectivity index (χ3v) is 7.33. The molecule has 2 aromatic rings. The second-order valence-corrected chi connectivity index (χ2v) is 9.09. The Hall–Kier alpha value is -2.61. The number of imide groups is 1. The van der Waals surface area contributed by atoms with Gasteiger partial charge in [0.05, 0.1) is 16.7 Å². The van der Waals surface area contributed by atoms with E-state index < -0.39 is 11.9 Å². The molecule has 3 aliphatic rings. The zero-order valence-electron chi connectivity index (χ0n) is 17.4. The maximum Gasteiger partial charge on any atom is 0.329 e. The van der Waals surface area contributed by atoms with Gasteiger partial charge in [0.15, 0.2) is 0 Å². The first-order valence-electron chi connectivity index (χ1n) is 11.0. The van der Waals surface area contributed by atoms with Crippen molar-refractivity contribution in [3.63, 3.8) is 0 Å². The van der Waals surface area contributed by atoms with Crippen LogP contribution in [0.3, 0.4) is 0 Å². The van der Waals surface area contributed by atoms with E-state index in [1.807, 2.05) is 12.1 Å². The number of carbonyl (C=O) groups is 2. The van der Waals surface area contributed by atoms with Crippen LogP contribution in [0, 0.1) is 5.41 Å². The highest BCUT2D eigenvalue weighted by atomic mass is 16.2. The molecule has 0 saturated carbocycles. The zero-order chi connectivity index (χ0) is 20.9. The van der Waals surface area contributed by atoms with Crippen LogP contribution in [0.5, 0.6) is 0 Å². The van der Waals surface area contributed by atoms with Gasteiger partial charge in [-0.15, -0.1) is 0 Å². The van der Waals surface area contributed by atoms with Crippen LogP contribution in [0.25, 0.3) is 11.0 Å². The van der Waals surface area contributed by atoms with Gasteiger partial charge in [-0.2, -0.15) is 0 Å². The number of para-hydroxylation sites is 1. The molecule has 1 aromatic carbocycles. The summed E-state index contributed by atoms with van der Waals surface area (Å²) in [6, 6.07) is 5.30. The van der Waals surface area contributed by atoms with Gasteiger partial charge in [0, 0.05) is 33.1 Å². The number of aromatic nitrogens is 2. The molecule has 1 spiro atoms. The third-order valence-electron chi connectivity index (χ3n) is 7.33. The molecule has 3 fully saturated rings. The molecule has 2 amide bonds. The van der Waals surface area contributed by atoms with E-state index in [0.29, 0.717) is 11.8 Å². The van der Waals surface area contributed by atoms with Crippen LogP contribution in [-0.4, -0.2) is 47.1 Å². The second-order valence-electron chi connectivity index (χ2n) is 9.09. The number of rotatable bonds is 2. The Morgan fingerprint density at radius 2 is 1.90 bits per heavy atom. The Labute approximate surface area is 175 Å². The molecule has 0 radical (unpaired) electrons. The van der Waals surface area contributed by atoms with Gasteiger partial charge in [0.2, 0.25) is 11.8 Å². The lowest BCUT2D eigenvalue weighted by molar-refractivity contribution is -0.135. The minimum atomic E-state index is -0.646. The molecule has 1 atom stereocenters. The Morgan fingerprint density at radius 3 is 2.60 bits per heavy atom. The van der Waals surface area contributed by atoms with Crippen molar-refractivity contribution in [1.29, 1.82) is 0 Å². The van der Waals surface area contributed by atoms with Gasteiger partial charge in [-0.3, -0.25) is 24.0 Å². The van der Waals surface area contributed by atoms with Gasteiger partial charge in [0.25, 0.3) is 0 Å². The summed E-state index contributed by atoms with van der Waals surface area (Å²) in [5.41, 5.74) is 2.88. The smallest absolute Gasteiger partial charge is 0.329 e.